The summed E-state index contributed by atoms with van der Waals surface area (Å²) in [6.07, 6.45) is 29.8. The Hall–Kier alpha value is -2.15. The minimum atomic E-state index is -0.262. The van der Waals surface area contributed by atoms with E-state index in [0.717, 1.165) is 73.1 Å². The van der Waals surface area contributed by atoms with Gasteiger partial charge >= 0.3 is 5.69 Å². The van der Waals surface area contributed by atoms with Crippen LogP contribution in [0.2, 0.25) is 5.28 Å². The van der Waals surface area contributed by atoms with Crippen molar-refractivity contribution in [3.63, 3.8) is 0 Å². The van der Waals surface area contributed by atoms with E-state index in [1.165, 1.54) is 103 Å². The van der Waals surface area contributed by atoms with Crippen molar-refractivity contribution in [2.24, 2.45) is 35.5 Å². The molecule has 0 unspecified atom stereocenters. The van der Waals surface area contributed by atoms with E-state index in [4.69, 9.17) is 11.6 Å². The van der Waals surface area contributed by atoms with Crippen molar-refractivity contribution in [3.05, 3.63) is 40.6 Å². The van der Waals surface area contributed by atoms with Crippen LogP contribution >= 0.6 is 11.6 Å². The van der Waals surface area contributed by atoms with Crippen LogP contribution in [0.1, 0.15) is 117 Å². The van der Waals surface area contributed by atoms with E-state index in [2.05, 4.69) is 43.6 Å². The van der Waals surface area contributed by atoms with E-state index in [1.807, 2.05) is 12.4 Å². The highest BCUT2D eigenvalue weighted by molar-refractivity contribution is 6.28. The molecule has 44 heavy (non-hydrogen) atoms. The standard InChI is InChI=1S/C18H28ClN3.C18H29N3O/c1-2-3-14-4-6-15(7-5-14)16-8-10-22(11-9-16)17-12-20-18(19)21-13-17;1-2-3-14-4-6-15(7-5-14)16-8-10-21(11-9-16)17-12-19-18(22)20-13-17/h12-16H,2-11H2,1H3;12-16H,2-11H2,1H3,(H,19,20,22). The molecule has 0 amide bonds. The molecular weight excluding hydrogens is 568 g/mol. The van der Waals surface area contributed by atoms with Gasteiger partial charge in [0.2, 0.25) is 5.28 Å². The number of hydrogen-bond acceptors (Lipinski definition) is 6. The normalized spacial score (nSPS) is 27.1. The molecule has 2 saturated heterocycles. The zero-order valence-corrected chi connectivity index (χ0v) is 28.2. The van der Waals surface area contributed by atoms with Gasteiger partial charge in [0.25, 0.3) is 0 Å². The van der Waals surface area contributed by atoms with Crippen molar-refractivity contribution in [3.8, 4) is 0 Å². The molecule has 4 aliphatic rings. The van der Waals surface area contributed by atoms with Gasteiger partial charge in [-0.15, -0.1) is 0 Å². The van der Waals surface area contributed by atoms with Crippen LogP contribution < -0.4 is 15.5 Å². The van der Waals surface area contributed by atoms with Crippen LogP contribution in [0.3, 0.4) is 0 Å². The lowest BCUT2D eigenvalue weighted by molar-refractivity contribution is 0.175. The van der Waals surface area contributed by atoms with E-state index < -0.39 is 0 Å². The summed E-state index contributed by atoms with van der Waals surface area (Å²) < 4.78 is 0. The van der Waals surface area contributed by atoms with Crippen LogP contribution in [0.5, 0.6) is 0 Å². The van der Waals surface area contributed by atoms with Crippen LogP contribution in [-0.4, -0.2) is 46.1 Å². The number of aromatic nitrogens is 4. The maximum atomic E-state index is 11.1. The fourth-order valence-corrected chi connectivity index (χ4v) is 9.05. The van der Waals surface area contributed by atoms with E-state index in [-0.39, 0.29) is 5.69 Å². The van der Waals surface area contributed by atoms with E-state index in [9.17, 15) is 4.79 Å². The Morgan fingerprint density at radius 2 is 1.05 bits per heavy atom. The van der Waals surface area contributed by atoms with Gasteiger partial charge in [0.05, 0.1) is 30.0 Å². The molecule has 1 N–H and O–H groups in total. The van der Waals surface area contributed by atoms with Crippen molar-refractivity contribution in [1.82, 2.24) is 19.9 Å². The van der Waals surface area contributed by atoms with Gasteiger partial charge in [-0.1, -0.05) is 65.2 Å². The lowest BCUT2D eigenvalue weighted by atomic mass is 9.72. The molecule has 2 aliphatic heterocycles. The molecule has 4 heterocycles. The highest BCUT2D eigenvalue weighted by Gasteiger charge is 2.31. The number of aromatic amines is 1. The van der Waals surface area contributed by atoms with Crippen molar-refractivity contribution in [2.75, 3.05) is 36.0 Å². The third-order valence-corrected chi connectivity index (χ3v) is 11.8. The predicted molar refractivity (Wildman–Crippen MR) is 182 cm³/mol. The molecule has 0 radical (unpaired) electrons. The summed E-state index contributed by atoms with van der Waals surface area (Å²) in [6, 6.07) is 0. The second-order valence-electron chi connectivity index (χ2n) is 14.3. The van der Waals surface area contributed by atoms with Gasteiger partial charge in [-0.2, -0.15) is 4.98 Å². The largest absolute Gasteiger partial charge is 0.369 e. The van der Waals surface area contributed by atoms with Gasteiger partial charge in [-0.3, -0.25) is 0 Å². The minimum absolute atomic E-state index is 0.262. The Bertz CT molecular complexity index is 1120. The van der Waals surface area contributed by atoms with Crippen molar-refractivity contribution < 1.29 is 0 Å². The smallest absolute Gasteiger partial charge is 0.345 e. The molecule has 244 valence electrons. The van der Waals surface area contributed by atoms with E-state index >= 15 is 0 Å². The average Bonchev–Trinajstić information content (AvgIpc) is 3.07. The van der Waals surface area contributed by atoms with Gasteiger partial charge in [0, 0.05) is 32.4 Å². The predicted octanol–water partition coefficient (Wildman–Crippen LogP) is 8.55. The molecule has 0 bridgehead atoms. The number of rotatable bonds is 8. The summed E-state index contributed by atoms with van der Waals surface area (Å²) in [5.41, 5.74) is 1.92. The summed E-state index contributed by atoms with van der Waals surface area (Å²) >= 11 is 5.77. The SMILES string of the molecule is CCCC1CCC(C2CCN(c3cnc(=O)[nH]c3)CC2)CC1.CCCC1CCC(C2CCN(c3cnc(Cl)nc3)CC2)CC1. The van der Waals surface area contributed by atoms with Crippen LogP contribution in [0.25, 0.3) is 0 Å². The van der Waals surface area contributed by atoms with Crippen LogP contribution in [-0.2, 0) is 0 Å². The third kappa shape index (κ3) is 9.43. The lowest BCUT2D eigenvalue weighted by Crippen LogP contribution is -2.37. The Labute approximate surface area is 271 Å². The molecule has 2 saturated carbocycles. The first-order chi connectivity index (χ1) is 21.5. The minimum Gasteiger partial charge on any atom is -0.369 e. The summed E-state index contributed by atoms with van der Waals surface area (Å²) in [5.74, 6) is 5.82. The van der Waals surface area contributed by atoms with Crippen molar-refractivity contribution in [2.45, 2.75) is 117 Å². The van der Waals surface area contributed by atoms with Crippen LogP contribution in [0.4, 0.5) is 11.4 Å². The van der Waals surface area contributed by atoms with E-state index in [0.29, 0.717) is 5.28 Å². The number of nitrogens with one attached hydrogen (secondary N) is 1. The molecule has 0 aromatic carbocycles. The number of halogens is 1. The number of anilines is 2. The van der Waals surface area contributed by atoms with Crippen LogP contribution in [0, 0.1) is 35.5 Å². The molecular formula is C36H57ClN6O. The maximum absolute atomic E-state index is 11.1. The highest BCUT2D eigenvalue weighted by Crippen LogP contribution is 2.41. The number of piperidine rings is 2. The summed E-state index contributed by atoms with van der Waals surface area (Å²) in [5, 5.41) is 0.336. The summed E-state index contributed by atoms with van der Waals surface area (Å²) in [4.78, 5) is 30.5. The molecule has 7 nitrogen and oxygen atoms in total. The summed E-state index contributed by atoms with van der Waals surface area (Å²) in [7, 11) is 0. The van der Waals surface area contributed by atoms with E-state index in [1.54, 1.807) is 12.4 Å². The second kappa shape index (κ2) is 17.0. The first-order valence-corrected chi connectivity index (χ1v) is 18.4. The molecule has 4 fully saturated rings. The Morgan fingerprint density at radius 3 is 1.45 bits per heavy atom. The number of nitrogens with zero attached hydrogens (tertiary/aromatic N) is 5. The van der Waals surface area contributed by atoms with Gasteiger partial charge in [-0.05, 0) is 98.5 Å². The molecule has 8 heteroatoms. The Kier molecular flexibility index (Phi) is 12.8. The fourth-order valence-electron chi connectivity index (χ4n) is 8.95. The number of H-pyrrole nitrogens is 1. The van der Waals surface area contributed by atoms with Gasteiger partial charge < -0.3 is 14.8 Å². The van der Waals surface area contributed by atoms with Gasteiger partial charge in [-0.25, -0.2) is 14.8 Å². The third-order valence-electron chi connectivity index (χ3n) is 11.6. The molecule has 6 rings (SSSR count). The highest BCUT2D eigenvalue weighted by atomic mass is 35.5. The average molecular weight is 625 g/mol. The monoisotopic (exact) mass is 624 g/mol. The molecule has 2 aromatic rings. The fraction of sp³-hybridized carbons (Fsp3) is 0.778. The Balaban J connectivity index is 0.000000175. The molecule has 0 spiro atoms. The zero-order valence-electron chi connectivity index (χ0n) is 27.4. The molecule has 0 atom stereocenters. The van der Waals surface area contributed by atoms with Crippen LogP contribution in [0.15, 0.2) is 29.6 Å². The quantitative estimate of drug-likeness (QED) is 0.297. The first kappa shape index (κ1) is 33.2. The number of hydrogen-bond donors (Lipinski definition) is 1. The Morgan fingerprint density at radius 1 is 0.636 bits per heavy atom. The van der Waals surface area contributed by atoms with Gasteiger partial charge in [0.1, 0.15) is 0 Å². The second-order valence-corrected chi connectivity index (χ2v) is 14.6. The maximum Gasteiger partial charge on any atom is 0.345 e. The van der Waals surface area contributed by atoms with Crippen molar-refractivity contribution in [1.29, 1.82) is 0 Å². The van der Waals surface area contributed by atoms with Crippen molar-refractivity contribution >= 4 is 23.0 Å². The lowest BCUT2D eigenvalue weighted by Gasteiger charge is -2.39. The summed E-state index contributed by atoms with van der Waals surface area (Å²) in [6.45, 7) is 9.13. The molecule has 2 aromatic heterocycles. The zero-order chi connectivity index (χ0) is 30.7. The topological polar surface area (TPSA) is 78.0 Å². The first-order valence-electron chi connectivity index (χ1n) is 18.0. The molecule has 2 aliphatic carbocycles. The van der Waals surface area contributed by atoms with Gasteiger partial charge in [0.15, 0.2) is 0 Å².